The van der Waals surface area contributed by atoms with Crippen molar-refractivity contribution in [2.24, 2.45) is 0 Å². The van der Waals surface area contributed by atoms with E-state index in [-0.39, 0.29) is 17.1 Å². The Balaban J connectivity index is 1.68. The van der Waals surface area contributed by atoms with Crippen LogP contribution in [0.15, 0.2) is 46.4 Å². The largest absolute Gasteiger partial charge is 0.394 e. The van der Waals surface area contributed by atoms with Gasteiger partial charge in [-0.15, -0.1) is 0 Å². The molecule has 1 aliphatic rings. The molecule has 0 saturated carbocycles. The van der Waals surface area contributed by atoms with E-state index in [1.807, 2.05) is 42.5 Å². The molecule has 2 aromatic heterocycles. The summed E-state index contributed by atoms with van der Waals surface area (Å²) in [5.74, 6) is 0.404. The number of aliphatic hydroxyl groups excluding tert-OH is 3. The number of hydrogen-bond donors (Lipinski definition) is 5. The van der Waals surface area contributed by atoms with Crippen LogP contribution in [0.2, 0.25) is 0 Å². The third-order valence-corrected chi connectivity index (χ3v) is 5.63. The van der Waals surface area contributed by atoms with E-state index in [2.05, 4.69) is 15.0 Å². The fraction of sp³-hybridized carbons (Fsp3) is 0.316. The van der Waals surface area contributed by atoms with Gasteiger partial charge in [-0.25, -0.2) is 4.98 Å². The van der Waals surface area contributed by atoms with Gasteiger partial charge in [-0.3, -0.25) is 14.3 Å². The lowest BCUT2D eigenvalue weighted by atomic mass is 10.1. The normalized spacial score (nSPS) is 24.2. The molecule has 1 aromatic carbocycles. The van der Waals surface area contributed by atoms with Crippen LogP contribution in [0.1, 0.15) is 11.8 Å². The predicted octanol–water partition coefficient (Wildman–Crippen LogP) is 0.119. The molecule has 158 valence electrons. The van der Waals surface area contributed by atoms with E-state index in [0.717, 1.165) is 5.56 Å². The molecule has 10 nitrogen and oxygen atoms in total. The second-order valence-electron chi connectivity index (χ2n) is 6.74. The molecule has 3 aromatic rings. The zero-order chi connectivity index (χ0) is 21.3. The van der Waals surface area contributed by atoms with Crippen LogP contribution >= 0.6 is 11.8 Å². The van der Waals surface area contributed by atoms with Crippen molar-refractivity contribution in [1.82, 2.24) is 19.5 Å². The van der Waals surface area contributed by atoms with Gasteiger partial charge in [0.25, 0.3) is 5.56 Å². The molecule has 6 N–H and O–H groups in total. The monoisotopic (exact) mass is 431 g/mol. The summed E-state index contributed by atoms with van der Waals surface area (Å²) in [4.78, 5) is 23.2. The zero-order valence-corrected chi connectivity index (χ0v) is 16.6. The molecule has 1 aliphatic heterocycles. The summed E-state index contributed by atoms with van der Waals surface area (Å²) in [5, 5.41) is 30.4. The van der Waals surface area contributed by atoms with Crippen molar-refractivity contribution in [3.8, 4) is 0 Å². The van der Waals surface area contributed by atoms with Gasteiger partial charge in [0.2, 0.25) is 5.95 Å². The van der Waals surface area contributed by atoms with Crippen LogP contribution < -0.4 is 11.3 Å². The molecule has 0 amide bonds. The van der Waals surface area contributed by atoms with Gasteiger partial charge < -0.3 is 25.8 Å². The van der Waals surface area contributed by atoms with E-state index in [4.69, 9.17) is 10.5 Å². The molecule has 0 aliphatic carbocycles. The third kappa shape index (κ3) is 3.85. The Morgan fingerprint density at radius 3 is 2.70 bits per heavy atom. The number of ether oxygens (including phenoxy) is 1. The number of anilines is 1. The first-order valence-corrected chi connectivity index (χ1v) is 10.2. The molecule has 0 spiro atoms. The number of nitrogen functional groups attached to an aromatic ring is 1. The fourth-order valence-corrected chi connectivity index (χ4v) is 4.10. The molecular weight excluding hydrogens is 410 g/mol. The lowest BCUT2D eigenvalue weighted by Crippen LogP contribution is -2.33. The second kappa shape index (κ2) is 8.58. The minimum Gasteiger partial charge on any atom is -0.394 e. The van der Waals surface area contributed by atoms with Gasteiger partial charge in [0.1, 0.15) is 18.3 Å². The zero-order valence-electron chi connectivity index (χ0n) is 15.8. The number of H-pyrrole nitrogens is 1. The number of aliphatic hydroxyl groups is 3. The van der Waals surface area contributed by atoms with E-state index in [0.29, 0.717) is 10.9 Å². The van der Waals surface area contributed by atoms with Crippen molar-refractivity contribution in [3.05, 3.63) is 52.3 Å². The van der Waals surface area contributed by atoms with Crippen LogP contribution in [0, 0.1) is 0 Å². The first-order chi connectivity index (χ1) is 14.5. The van der Waals surface area contributed by atoms with Crippen LogP contribution in [0.25, 0.3) is 17.2 Å². The predicted molar refractivity (Wildman–Crippen MR) is 112 cm³/mol. The summed E-state index contributed by atoms with van der Waals surface area (Å²) >= 11 is 1.30. The van der Waals surface area contributed by atoms with Crippen LogP contribution in [0.5, 0.6) is 0 Å². The van der Waals surface area contributed by atoms with Gasteiger partial charge >= 0.3 is 0 Å². The number of fused-ring (bicyclic) bond motifs is 1. The molecule has 4 atom stereocenters. The van der Waals surface area contributed by atoms with Gasteiger partial charge in [0.15, 0.2) is 22.5 Å². The lowest BCUT2D eigenvalue weighted by molar-refractivity contribution is -0.0548. The molecule has 0 bridgehead atoms. The number of thioether (sulfide) groups is 1. The Bertz CT molecular complexity index is 1120. The summed E-state index contributed by atoms with van der Waals surface area (Å²) in [6, 6.07) is 9.77. The Kier molecular flexibility index (Phi) is 5.88. The van der Waals surface area contributed by atoms with Gasteiger partial charge in [-0.05, 0) is 5.56 Å². The Morgan fingerprint density at radius 2 is 2.00 bits per heavy atom. The van der Waals surface area contributed by atoms with Gasteiger partial charge in [-0.2, -0.15) is 4.98 Å². The number of hydrogen-bond acceptors (Lipinski definition) is 9. The highest BCUT2D eigenvalue weighted by Crippen LogP contribution is 2.35. The van der Waals surface area contributed by atoms with Crippen molar-refractivity contribution in [2.75, 3.05) is 18.1 Å². The number of imidazole rings is 1. The van der Waals surface area contributed by atoms with E-state index in [1.165, 1.54) is 16.3 Å². The summed E-state index contributed by atoms with van der Waals surface area (Å²) in [6.07, 6.45) is -0.814. The first-order valence-electron chi connectivity index (χ1n) is 9.24. The third-order valence-electron chi connectivity index (χ3n) is 4.73. The average molecular weight is 431 g/mol. The quantitative estimate of drug-likeness (QED) is 0.342. The summed E-state index contributed by atoms with van der Waals surface area (Å²) < 4.78 is 7.07. The summed E-state index contributed by atoms with van der Waals surface area (Å²) in [5.41, 5.74) is 6.37. The molecule has 11 heteroatoms. The number of nitrogens with two attached hydrogens (primary N) is 1. The Morgan fingerprint density at radius 1 is 1.23 bits per heavy atom. The lowest BCUT2D eigenvalue weighted by Gasteiger charge is -2.18. The number of nitrogens with zero attached hydrogens (tertiary/aromatic N) is 3. The molecule has 30 heavy (non-hydrogen) atoms. The summed E-state index contributed by atoms with van der Waals surface area (Å²) in [7, 11) is 0. The highest BCUT2D eigenvalue weighted by Gasteiger charge is 2.45. The number of aromatic amines is 1. The number of benzene rings is 1. The van der Waals surface area contributed by atoms with E-state index < -0.39 is 36.7 Å². The topological polar surface area (TPSA) is 160 Å². The van der Waals surface area contributed by atoms with Crippen molar-refractivity contribution in [1.29, 1.82) is 0 Å². The molecule has 0 unspecified atom stereocenters. The smallest absolute Gasteiger partial charge is 0.280 e. The van der Waals surface area contributed by atoms with Crippen LogP contribution in [-0.4, -0.2) is 65.5 Å². The number of aromatic nitrogens is 4. The van der Waals surface area contributed by atoms with Crippen LogP contribution in [0.4, 0.5) is 5.95 Å². The van der Waals surface area contributed by atoms with Gasteiger partial charge in [-0.1, -0.05) is 54.2 Å². The Labute approximate surface area is 175 Å². The molecule has 3 heterocycles. The maximum Gasteiger partial charge on any atom is 0.280 e. The number of nitrogens with one attached hydrogen (secondary N) is 1. The minimum atomic E-state index is -1.35. The van der Waals surface area contributed by atoms with Gasteiger partial charge in [0, 0.05) is 5.75 Å². The van der Waals surface area contributed by atoms with Crippen LogP contribution in [0.3, 0.4) is 0 Å². The minimum absolute atomic E-state index is 0.0384. The Hall–Kier alpha value is -2.70. The average Bonchev–Trinajstić information content (AvgIpc) is 3.23. The first kappa shape index (κ1) is 20.6. The van der Waals surface area contributed by atoms with Crippen molar-refractivity contribution in [3.63, 3.8) is 0 Å². The fourth-order valence-electron chi connectivity index (χ4n) is 3.28. The van der Waals surface area contributed by atoms with Crippen LogP contribution in [-0.2, 0) is 4.74 Å². The van der Waals surface area contributed by atoms with Crippen molar-refractivity contribution in [2.45, 2.75) is 29.7 Å². The highest BCUT2D eigenvalue weighted by atomic mass is 32.2. The molecular formula is C19H21N5O5S. The second-order valence-corrected chi connectivity index (χ2v) is 7.73. The van der Waals surface area contributed by atoms with E-state index in [1.54, 1.807) is 0 Å². The SMILES string of the molecule is Nc1nc2c(nc(SC/C=C/c3ccccc3)n2[C@@H]2O[C@H](CO)[C@@H](O)[C@H]2O)c(=O)[nH]1. The molecule has 1 fully saturated rings. The maximum atomic E-state index is 12.3. The molecule has 0 radical (unpaired) electrons. The summed E-state index contributed by atoms with van der Waals surface area (Å²) in [6.45, 7) is -0.472. The molecule has 4 rings (SSSR count). The maximum absolute atomic E-state index is 12.3. The van der Waals surface area contributed by atoms with Crippen molar-refractivity contribution < 1.29 is 20.1 Å². The van der Waals surface area contributed by atoms with Crippen molar-refractivity contribution >= 4 is 35.0 Å². The van der Waals surface area contributed by atoms with Gasteiger partial charge in [0.05, 0.1) is 6.61 Å². The van der Waals surface area contributed by atoms with E-state index >= 15 is 0 Å². The molecule has 1 saturated heterocycles. The van der Waals surface area contributed by atoms with E-state index in [9.17, 15) is 20.1 Å². The standard InChI is InChI=1S/C19H21N5O5S/c20-18-22-15-12(16(28)23-18)21-19(30-8-4-7-10-5-2-1-3-6-10)24(15)17-14(27)13(26)11(9-25)29-17/h1-7,11,13-14,17,25-27H,8-9H2,(H3,20,22,23,28)/b7-4+/t11-,13-,14-,17-/m1/s1. The highest BCUT2D eigenvalue weighted by molar-refractivity contribution is 7.99. The number of rotatable bonds is 6.